The molecule has 4 heteroatoms. The summed E-state index contributed by atoms with van der Waals surface area (Å²) in [7, 11) is 0. The summed E-state index contributed by atoms with van der Waals surface area (Å²) in [4.78, 5) is 10.8. The molecule has 1 aromatic heterocycles. The summed E-state index contributed by atoms with van der Waals surface area (Å²) in [5.74, 6) is 0. The quantitative estimate of drug-likeness (QED) is 0.664. The van der Waals surface area contributed by atoms with E-state index in [4.69, 9.17) is 4.74 Å². The van der Waals surface area contributed by atoms with Crippen LogP contribution in [-0.4, -0.2) is 23.0 Å². The summed E-state index contributed by atoms with van der Waals surface area (Å²) in [5, 5.41) is 2.75. The number of hydrogen-bond acceptors (Lipinski definition) is 2. The van der Waals surface area contributed by atoms with E-state index in [1.165, 1.54) is 0 Å². The first-order chi connectivity index (χ1) is 5.86. The van der Waals surface area contributed by atoms with Crippen LogP contribution in [0.15, 0.2) is 17.1 Å². The molecule has 1 N–H and O–H groups in total. The molecule has 0 aliphatic carbocycles. The van der Waals surface area contributed by atoms with Crippen LogP contribution in [0.5, 0.6) is 0 Å². The number of nitrogens with one attached hydrogen (secondary N) is 1. The second kappa shape index (κ2) is 3.15. The van der Waals surface area contributed by atoms with Crippen LogP contribution in [0.3, 0.4) is 0 Å². The highest BCUT2D eigenvalue weighted by molar-refractivity contribution is 4.83. The molecule has 0 aromatic carbocycles. The lowest BCUT2D eigenvalue weighted by molar-refractivity contribution is 0.0661. The highest BCUT2D eigenvalue weighted by Gasteiger charge is 2.14. The second-order valence-electron chi connectivity index (χ2n) is 3.04. The zero-order chi connectivity index (χ0) is 8.39. The van der Waals surface area contributed by atoms with Crippen molar-refractivity contribution in [3.05, 3.63) is 22.6 Å². The van der Waals surface area contributed by atoms with Gasteiger partial charge in [-0.15, -0.1) is 0 Å². The molecular formula is C8H12N2O2. The predicted molar refractivity (Wildman–Crippen MR) is 44.1 cm³/mol. The summed E-state index contributed by atoms with van der Waals surface area (Å²) in [5.41, 5.74) is -0.0264. The van der Waals surface area contributed by atoms with Crippen molar-refractivity contribution in [1.29, 1.82) is 0 Å². The van der Waals surface area contributed by atoms with E-state index in [1.807, 2.05) is 4.68 Å². The van der Waals surface area contributed by atoms with Crippen LogP contribution in [0.2, 0.25) is 0 Å². The molecule has 2 rings (SSSR count). The highest BCUT2D eigenvalue weighted by Crippen LogP contribution is 2.18. The zero-order valence-electron chi connectivity index (χ0n) is 6.82. The fourth-order valence-corrected chi connectivity index (χ4v) is 1.53. The molecule has 1 fully saturated rings. The van der Waals surface area contributed by atoms with E-state index in [2.05, 4.69) is 5.10 Å². The minimum atomic E-state index is -0.0264. The zero-order valence-corrected chi connectivity index (χ0v) is 6.82. The van der Waals surface area contributed by atoms with Gasteiger partial charge in [-0.05, 0) is 12.8 Å². The van der Waals surface area contributed by atoms with E-state index in [1.54, 1.807) is 12.3 Å². The summed E-state index contributed by atoms with van der Waals surface area (Å²) < 4.78 is 7.10. The lowest BCUT2D eigenvalue weighted by Crippen LogP contribution is -2.21. The normalized spacial score (nSPS) is 19.7. The first-order valence-corrected chi connectivity index (χ1v) is 4.21. The third kappa shape index (κ3) is 1.43. The molecule has 1 aromatic rings. The molecule has 1 aliphatic heterocycles. The van der Waals surface area contributed by atoms with Crippen molar-refractivity contribution in [3.8, 4) is 0 Å². The van der Waals surface area contributed by atoms with Crippen LogP contribution in [0.1, 0.15) is 18.9 Å². The predicted octanol–water partition coefficient (Wildman–Crippen LogP) is 0.528. The molecule has 4 nitrogen and oxygen atoms in total. The van der Waals surface area contributed by atoms with Gasteiger partial charge in [-0.3, -0.25) is 14.6 Å². The van der Waals surface area contributed by atoms with Gasteiger partial charge in [-0.2, -0.15) is 0 Å². The lowest BCUT2D eigenvalue weighted by Gasteiger charge is -2.22. The minimum Gasteiger partial charge on any atom is -0.381 e. The topological polar surface area (TPSA) is 47.0 Å². The summed E-state index contributed by atoms with van der Waals surface area (Å²) in [6, 6.07) is 1.97. The van der Waals surface area contributed by atoms with Crippen LogP contribution < -0.4 is 5.56 Å². The maximum atomic E-state index is 10.8. The lowest BCUT2D eigenvalue weighted by atomic mass is 10.1. The summed E-state index contributed by atoms with van der Waals surface area (Å²) >= 11 is 0. The van der Waals surface area contributed by atoms with Crippen molar-refractivity contribution in [1.82, 2.24) is 9.78 Å². The Morgan fingerprint density at radius 2 is 2.25 bits per heavy atom. The van der Waals surface area contributed by atoms with Gasteiger partial charge < -0.3 is 4.74 Å². The number of ether oxygens (including phenoxy) is 1. The van der Waals surface area contributed by atoms with E-state index in [9.17, 15) is 4.79 Å². The van der Waals surface area contributed by atoms with E-state index in [0.29, 0.717) is 6.04 Å². The summed E-state index contributed by atoms with van der Waals surface area (Å²) in [6.07, 6.45) is 3.79. The fraction of sp³-hybridized carbons (Fsp3) is 0.625. The van der Waals surface area contributed by atoms with Crippen molar-refractivity contribution >= 4 is 0 Å². The standard InChI is InChI=1S/C8H12N2O2/c11-8-1-4-10(9-8)7-2-5-12-6-3-7/h1,4,7H,2-3,5-6H2,(H,9,11). The van der Waals surface area contributed by atoms with Crippen LogP contribution in [0.25, 0.3) is 0 Å². The fourth-order valence-electron chi connectivity index (χ4n) is 1.53. The van der Waals surface area contributed by atoms with Crippen molar-refractivity contribution in [3.63, 3.8) is 0 Å². The highest BCUT2D eigenvalue weighted by atomic mass is 16.5. The molecule has 0 saturated carbocycles. The SMILES string of the molecule is O=c1ccn(C2CCOCC2)[nH]1. The van der Waals surface area contributed by atoms with Gasteiger partial charge in [-0.25, -0.2) is 0 Å². The Morgan fingerprint density at radius 3 is 2.83 bits per heavy atom. The van der Waals surface area contributed by atoms with Crippen molar-refractivity contribution in [2.75, 3.05) is 13.2 Å². The molecule has 0 unspecified atom stereocenters. The summed E-state index contributed by atoms with van der Waals surface area (Å²) in [6.45, 7) is 1.59. The molecule has 66 valence electrons. The van der Waals surface area contributed by atoms with Crippen molar-refractivity contribution in [2.24, 2.45) is 0 Å². The van der Waals surface area contributed by atoms with E-state index in [-0.39, 0.29) is 5.56 Å². The molecule has 0 amide bonds. The van der Waals surface area contributed by atoms with E-state index >= 15 is 0 Å². The Bertz CT molecular complexity index is 296. The van der Waals surface area contributed by atoms with E-state index < -0.39 is 0 Å². The van der Waals surface area contributed by atoms with Gasteiger partial charge >= 0.3 is 0 Å². The Hall–Kier alpha value is -1.03. The maximum absolute atomic E-state index is 10.8. The number of H-pyrrole nitrogens is 1. The molecular weight excluding hydrogens is 156 g/mol. The number of aromatic amines is 1. The van der Waals surface area contributed by atoms with Crippen LogP contribution in [0.4, 0.5) is 0 Å². The number of hydrogen-bond donors (Lipinski definition) is 1. The second-order valence-corrected chi connectivity index (χ2v) is 3.04. The largest absolute Gasteiger partial charge is 0.381 e. The van der Waals surface area contributed by atoms with E-state index in [0.717, 1.165) is 26.1 Å². The van der Waals surface area contributed by atoms with Crippen molar-refractivity contribution in [2.45, 2.75) is 18.9 Å². The Balaban J connectivity index is 2.13. The number of rotatable bonds is 1. The smallest absolute Gasteiger partial charge is 0.264 e. The third-order valence-corrected chi connectivity index (χ3v) is 2.21. The van der Waals surface area contributed by atoms with Gasteiger partial charge in [0.15, 0.2) is 0 Å². The molecule has 1 aliphatic rings. The minimum absolute atomic E-state index is 0.0264. The van der Waals surface area contributed by atoms with Gasteiger partial charge in [0, 0.05) is 25.5 Å². The third-order valence-electron chi connectivity index (χ3n) is 2.21. The molecule has 1 saturated heterocycles. The molecule has 12 heavy (non-hydrogen) atoms. The number of aromatic nitrogens is 2. The first kappa shape index (κ1) is 7.61. The van der Waals surface area contributed by atoms with Gasteiger partial charge in [0.1, 0.15) is 0 Å². The first-order valence-electron chi connectivity index (χ1n) is 4.21. The van der Waals surface area contributed by atoms with Gasteiger partial charge in [0.2, 0.25) is 0 Å². The number of nitrogens with zero attached hydrogens (tertiary/aromatic N) is 1. The van der Waals surface area contributed by atoms with Crippen LogP contribution >= 0.6 is 0 Å². The average Bonchev–Trinajstić information content (AvgIpc) is 2.54. The van der Waals surface area contributed by atoms with Crippen molar-refractivity contribution < 1.29 is 4.74 Å². The monoisotopic (exact) mass is 168 g/mol. The molecule has 2 heterocycles. The Morgan fingerprint density at radius 1 is 1.50 bits per heavy atom. The maximum Gasteiger partial charge on any atom is 0.264 e. The molecule has 0 bridgehead atoms. The molecule has 0 atom stereocenters. The Labute approximate surface area is 70.1 Å². The Kier molecular flexibility index (Phi) is 1.99. The van der Waals surface area contributed by atoms with Gasteiger partial charge in [0.25, 0.3) is 5.56 Å². The van der Waals surface area contributed by atoms with Gasteiger partial charge in [-0.1, -0.05) is 0 Å². The molecule has 0 radical (unpaired) electrons. The average molecular weight is 168 g/mol. The van der Waals surface area contributed by atoms with Crippen LogP contribution in [0, 0.1) is 0 Å². The van der Waals surface area contributed by atoms with Crippen LogP contribution in [-0.2, 0) is 4.74 Å². The molecule has 0 spiro atoms. The van der Waals surface area contributed by atoms with Gasteiger partial charge in [0.05, 0.1) is 6.04 Å².